The van der Waals surface area contributed by atoms with Gasteiger partial charge in [0, 0.05) is 18.0 Å². The maximum absolute atomic E-state index is 12.9. The fraction of sp³-hybridized carbons (Fsp3) is 0.0909. The largest absolute Gasteiger partial charge is 0.508 e. The molecule has 0 atom stereocenters. The zero-order valence-corrected chi connectivity index (χ0v) is 18.3. The van der Waals surface area contributed by atoms with Gasteiger partial charge >= 0.3 is 5.97 Å². The summed E-state index contributed by atoms with van der Waals surface area (Å²) in [5.74, 6) is -1.69. The van der Waals surface area contributed by atoms with Crippen molar-refractivity contribution >= 4 is 27.1 Å². The summed E-state index contributed by atoms with van der Waals surface area (Å²) in [6, 6.07) is 15.7. The minimum absolute atomic E-state index is 0.0339. The second-order valence-electron chi connectivity index (χ2n) is 7.12. The normalized spacial score (nSPS) is 11.1. The van der Waals surface area contributed by atoms with E-state index in [9.17, 15) is 22.7 Å². The number of phenolic OH excluding ortho intramolecular Hbond substituents is 1. The van der Waals surface area contributed by atoms with Crippen LogP contribution in [0.1, 0.15) is 21.5 Å². The molecule has 0 fully saturated rings. The van der Waals surface area contributed by atoms with Gasteiger partial charge in [-0.2, -0.15) is 18.2 Å². The van der Waals surface area contributed by atoms with Crippen molar-refractivity contribution in [3.63, 3.8) is 0 Å². The summed E-state index contributed by atoms with van der Waals surface area (Å²) < 4.78 is 37.7. The Morgan fingerprint density at radius 2 is 1.76 bits per heavy atom. The van der Waals surface area contributed by atoms with Crippen molar-refractivity contribution in [2.24, 2.45) is 5.14 Å². The molecule has 9 nitrogen and oxygen atoms in total. The lowest BCUT2D eigenvalue weighted by Crippen LogP contribution is -2.30. The van der Waals surface area contributed by atoms with Crippen LogP contribution < -0.4 is 9.86 Å². The van der Waals surface area contributed by atoms with Crippen LogP contribution in [-0.4, -0.2) is 34.4 Å². The predicted octanol–water partition coefficient (Wildman–Crippen LogP) is 2.86. The van der Waals surface area contributed by atoms with Crippen LogP contribution in [-0.2, 0) is 16.8 Å². The molecule has 0 aliphatic carbocycles. The van der Waals surface area contributed by atoms with Crippen molar-refractivity contribution in [1.29, 1.82) is 0 Å². The average molecular weight is 472 g/mol. The number of hydrogen-bond acceptors (Lipinski definition) is 5. The smallest absolute Gasteiger partial charge is 0.336 e. The van der Waals surface area contributed by atoms with E-state index in [-0.39, 0.29) is 23.7 Å². The standard InChI is InChI=1S/C14H9FN2O3.C8H12N2O2S/c15-8-1-3-9(4-2-8)17-13-6-10(18)5-11(14(19)20)12(13)7-16-17;1-7-2-4-8(5-3-7)6-10-13(9,11)12/h1-7,18H,(H,19,20);2-5,10H,6H2,1H3,(H2,9,11,12). The van der Waals surface area contributed by atoms with Crippen molar-refractivity contribution in [2.75, 3.05) is 0 Å². The number of halogens is 1. The third-order valence-corrected chi connectivity index (χ3v) is 5.12. The minimum atomic E-state index is -3.58. The van der Waals surface area contributed by atoms with Gasteiger partial charge in [-0.1, -0.05) is 29.8 Å². The number of hydrogen-bond donors (Lipinski definition) is 4. The van der Waals surface area contributed by atoms with Gasteiger partial charge in [0.15, 0.2) is 0 Å². The summed E-state index contributed by atoms with van der Waals surface area (Å²) in [6.45, 7) is 2.20. The maximum atomic E-state index is 12.9. The van der Waals surface area contributed by atoms with Gasteiger partial charge in [-0.25, -0.2) is 19.0 Å². The molecular weight excluding hydrogens is 451 g/mol. The summed E-state index contributed by atoms with van der Waals surface area (Å²) in [7, 11) is -3.58. The molecule has 0 saturated carbocycles. The fourth-order valence-corrected chi connectivity index (χ4v) is 3.33. The molecule has 4 aromatic rings. The van der Waals surface area contributed by atoms with E-state index >= 15 is 0 Å². The second-order valence-corrected chi connectivity index (χ2v) is 8.49. The molecule has 4 rings (SSSR count). The molecule has 1 heterocycles. The molecule has 0 bridgehead atoms. The lowest BCUT2D eigenvalue weighted by Gasteiger charge is -2.05. The lowest BCUT2D eigenvalue weighted by atomic mass is 10.1. The number of fused-ring (bicyclic) bond motifs is 1. The van der Waals surface area contributed by atoms with Crippen LogP contribution in [0.5, 0.6) is 5.75 Å². The molecule has 0 spiro atoms. The summed E-state index contributed by atoms with van der Waals surface area (Å²) in [5.41, 5.74) is 3.00. The molecule has 172 valence electrons. The first-order chi connectivity index (χ1) is 15.5. The molecule has 0 aliphatic rings. The highest BCUT2D eigenvalue weighted by Gasteiger charge is 2.15. The van der Waals surface area contributed by atoms with Crippen LogP contribution in [0.4, 0.5) is 4.39 Å². The number of benzene rings is 3. The molecular formula is C22H21FN4O5S. The summed E-state index contributed by atoms with van der Waals surface area (Å²) in [6.07, 6.45) is 1.40. The summed E-state index contributed by atoms with van der Waals surface area (Å²) >= 11 is 0. The van der Waals surface area contributed by atoms with Crippen LogP contribution in [0.15, 0.2) is 66.9 Å². The third-order valence-electron chi connectivity index (χ3n) is 4.57. The Kier molecular flexibility index (Phi) is 7.07. The van der Waals surface area contributed by atoms with Gasteiger partial charge in [0.25, 0.3) is 10.2 Å². The molecule has 5 N–H and O–H groups in total. The van der Waals surface area contributed by atoms with Gasteiger partial charge in [-0.3, -0.25) is 0 Å². The van der Waals surface area contributed by atoms with E-state index in [0.29, 0.717) is 16.6 Å². The molecule has 33 heavy (non-hydrogen) atoms. The lowest BCUT2D eigenvalue weighted by molar-refractivity contribution is 0.0698. The van der Waals surface area contributed by atoms with E-state index < -0.39 is 16.2 Å². The van der Waals surface area contributed by atoms with Crippen molar-refractivity contribution in [3.8, 4) is 11.4 Å². The molecule has 3 aromatic carbocycles. The number of carboxylic acids is 1. The zero-order chi connectivity index (χ0) is 24.2. The highest BCUT2D eigenvalue weighted by atomic mass is 32.2. The number of aromatic nitrogens is 2. The number of aromatic carboxylic acids is 1. The van der Waals surface area contributed by atoms with Crippen molar-refractivity contribution in [2.45, 2.75) is 13.5 Å². The number of rotatable bonds is 5. The number of aromatic hydroxyl groups is 1. The number of phenols is 1. The summed E-state index contributed by atoms with van der Waals surface area (Å²) in [4.78, 5) is 11.2. The SMILES string of the molecule is Cc1ccc(CNS(N)(=O)=O)cc1.O=C(O)c1cc(O)cc2c1cnn2-c1ccc(F)cc1. The first kappa shape index (κ1) is 23.9. The fourth-order valence-electron chi connectivity index (χ4n) is 2.97. The number of carbonyl (C=O) groups is 1. The van der Waals surface area contributed by atoms with Gasteiger partial charge in [-0.05, 0) is 42.8 Å². The molecule has 0 aliphatic heterocycles. The predicted molar refractivity (Wildman–Crippen MR) is 121 cm³/mol. The van der Waals surface area contributed by atoms with Gasteiger partial charge in [0.2, 0.25) is 0 Å². The van der Waals surface area contributed by atoms with Crippen LogP contribution in [0.2, 0.25) is 0 Å². The van der Waals surface area contributed by atoms with Crippen LogP contribution in [0.3, 0.4) is 0 Å². The number of nitrogens with two attached hydrogens (primary N) is 1. The van der Waals surface area contributed by atoms with E-state index in [1.54, 1.807) is 0 Å². The molecule has 11 heteroatoms. The van der Waals surface area contributed by atoms with Crippen LogP contribution >= 0.6 is 0 Å². The van der Waals surface area contributed by atoms with E-state index in [0.717, 1.165) is 11.1 Å². The molecule has 0 radical (unpaired) electrons. The zero-order valence-electron chi connectivity index (χ0n) is 17.4. The molecule has 1 aromatic heterocycles. The topological polar surface area (TPSA) is 148 Å². The first-order valence-corrected chi connectivity index (χ1v) is 11.1. The van der Waals surface area contributed by atoms with Crippen molar-refractivity contribution in [3.05, 3.63) is 89.4 Å². The number of aryl methyl sites for hydroxylation is 1. The van der Waals surface area contributed by atoms with E-state index in [1.165, 1.54) is 47.3 Å². The third kappa shape index (κ3) is 6.35. The van der Waals surface area contributed by atoms with Crippen molar-refractivity contribution < 1.29 is 27.8 Å². The Morgan fingerprint density at radius 1 is 1.12 bits per heavy atom. The van der Waals surface area contributed by atoms with Crippen molar-refractivity contribution in [1.82, 2.24) is 14.5 Å². The Labute approximate surface area is 189 Å². The van der Waals surface area contributed by atoms with Gasteiger partial charge in [0.05, 0.1) is 23.0 Å². The van der Waals surface area contributed by atoms with Gasteiger partial charge in [0.1, 0.15) is 11.6 Å². The van der Waals surface area contributed by atoms with E-state index in [4.69, 9.17) is 10.2 Å². The highest BCUT2D eigenvalue weighted by Crippen LogP contribution is 2.26. The monoisotopic (exact) mass is 472 g/mol. The average Bonchev–Trinajstić information content (AvgIpc) is 3.17. The minimum Gasteiger partial charge on any atom is -0.508 e. The number of nitrogens with one attached hydrogen (secondary N) is 1. The summed E-state index contributed by atoms with van der Waals surface area (Å²) in [5, 5.41) is 28.0. The Bertz CT molecular complexity index is 1390. The van der Waals surface area contributed by atoms with Crippen LogP contribution in [0, 0.1) is 12.7 Å². The maximum Gasteiger partial charge on any atom is 0.336 e. The van der Waals surface area contributed by atoms with Crippen LogP contribution in [0.25, 0.3) is 16.6 Å². The highest BCUT2D eigenvalue weighted by molar-refractivity contribution is 7.87. The molecule has 0 unspecified atom stereocenters. The molecule has 0 saturated heterocycles. The van der Waals surface area contributed by atoms with E-state index in [2.05, 4.69) is 9.82 Å². The quantitative estimate of drug-likeness (QED) is 0.351. The number of nitrogens with zero attached hydrogens (tertiary/aromatic N) is 2. The Balaban J connectivity index is 0.000000205. The molecule has 0 amide bonds. The Morgan fingerprint density at radius 3 is 2.33 bits per heavy atom. The van der Waals surface area contributed by atoms with Gasteiger partial charge < -0.3 is 10.2 Å². The first-order valence-electron chi connectivity index (χ1n) is 9.56. The van der Waals surface area contributed by atoms with Gasteiger partial charge in [-0.15, -0.1) is 0 Å². The Hall–Kier alpha value is -3.80. The second kappa shape index (κ2) is 9.77. The van der Waals surface area contributed by atoms with E-state index in [1.807, 2.05) is 31.2 Å². The number of carboxylic acid groups (broad SMARTS) is 1.